The molecule has 0 saturated carbocycles. The Balaban J connectivity index is 1.84. The summed E-state index contributed by atoms with van der Waals surface area (Å²) in [6, 6.07) is 3.25. The van der Waals surface area contributed by atoms with Crippen LogP contribution in [0, 0.1) is 0 Å². The molecule has 0 unspecified atom stereocenters. The van der Waals surface area contributed by atoms with Gasteiger partial charge in [0.15, 0.2) is 0 Å². The lowest BCUT2D eigenvalue weighted by Gasteiger charge is -2.09. The summed E-state index contributed by atoms with van der Waals surface area (Å²) in [4.78, 5) is 23.4. The fourth-order valence-electron chi connectivity index (χ4n) is 1.66. The maximum atomic E-state index is 11.6. The molecule has 1 amide bonds. The topological polar surface area (TPSA) is 75.6 Å². The van der Waals surface area contributed by atoms with Crippen LogP contribution in [0.5, 0.6) is 0 Å². The highest BCUT2D eigenvalue weighted by Crippen LogP contribution is 2.17. The van der Waals surface area contributed by atoms with Crippen molar-refractivity contribution in [3.63, 3.8) is 0 Å². The monoisotopic (exact) mass is 255 g/mol. The molecule has 1 aliphatic heterocycles. The number of carboxylic acid groups (broad SMARTS) is 1. The Labute approximate surface area is 102 Å². The van der Waals surface area contributed by atoms with E-state index in [4.69, 9.17) is 9.84 Å². The molecule has 0 aromatic carbocycles. The maximum Gasteiger partial charge on any atom is 0.345 e. The number of amides is 1. The number of carbonyl (C=O) groups is 2. The molecular formula is C11H13NO4S. The zero-order chi connectivity index (χ0) is 12.3. The van der Waals surface area contributed by atoms with Gasteiger partial charge in [0, 0.05) is 11.5 Å². The average Bonchev–Trinajstić information content (AvgIpc) is 2.97. The van der Waals surface area contributed by atoms with E-state index in [0.29, 0.717) is 13.2 Å². The van der Waals surface area contributed by atoms with Crippen molar-refractivity contribution in [1.29, 1.82) is 0 Å². The minimum Gasteiger partial charge on any atom is -0.477 e. The van der Waals surface area contributed by atoms with E-state index in [1.165, 1.54) is 11.3 Å². The number of ether oxygens (including phenoxy) is 1. The van der Waals surface area contributed by atoms with Gasteiger partial charge in [-0.05, 0) is 25.0 Å². The van der Waals surface area contributed by atoms with Gasteiger partial charge in [0.05, 0.1) is 6.54 Å². The van der Waals surface area contributed by atoms with Crippen molar-refractivity contribution in [1.82, 2.24) is 5.32 Å². The van der Waals surface area contributed by atoms with Crippen LogP contribution in [0.15, 0.2) is 12.1 Å². The molecule has 2 N–H and O–H groups in total. The van der Waals surface area contributed by atoms with Gasteiger partial charge in [-0.1, -0.05) is 0 Å². The Morgan fingerprint density at radius 2 is 2.35 bits per heavy atom. The summed E-state index contributed by atoms with van der Waals surface area (Å²) < 4.78 is 5.24. The van der Waals surface area contributed by atoms with Gasteiger partial charge < -0.3 is 15.2 Å². The van der Waals surface area contributed by atoms with Gasteiger partial charge in [0.2, 0.25) is 5.91 Å². The Hall–Kier alpha value is -1.40. The van der Waals surface area contributed by atoms with Crippen molar-refractivity contribution in [2.45, 2.75) is 25.5 Å². The highest BCUT2D eigenvalue weighted by Gasteiger charge is 2.23. The summed E-state index contributed by atoms with van der Waals surface area (Å²) >= 11 is 1.17. The lowest BCUT2D eigenvalue weighted by Crippen LogP contribution is -2.33. The van der Waals surface area contributed by atoms with E-state index in [1.807, 2.05) is 0 Å². The Kier molecular flexibility index (Phi) is 3.75. The third-order valence-corrected chi connectivity index (χ3v) is 3.60. The Bertz CT molecular complexity index is 423. The van der Waals surface area contributed by atoms with Gasteiger partial charge in [-0.25, -0.2) is 4.79 Å². The van der Waals surface area contributed by atoms with Gasteiger partial charge in [-0.3, -0.25) is 4.79 Å². The number of carboxylic acids is 1. The average molecular weight is 255 g/mol. The lowest BCUT2D eigenvalue weighted by molar-refractivity contribution is -0.130. The van der Waals surface area contributed by atoms with E-state index >= 15 is 0 Å². The first-order chi connectivity index (χ1) is 8.16. The number of hydrogen-bond donors (Lipinski definition) is 2. The fraction of sp³-hybridized carbons (Fsp3) is 0.455. The zero-order valence-corrected chi connectivity index (χ0v) is 9.96. The van der Waals surface area contributed by atoms with Gasteiger partial charge in [0.25, 0.3) is 0 Å². The molecule has 0 bridgehead atoms. The van der Waals surface area contributed by atoms with E-state index in [-0.39, 0.29) is 16.9 Å². The molecule has 2 rings (SSSR count). The summed E-state index contributed by atoms with van der Waals surface area (Å²) in [7, 11) is 0. The van der Waals surface area contributed by atoms with Crippen molar-refractivity contribution in [2.75, 3.05) is 6.61 Å². The van der Waals surface area contributed by atoms with Crippen molar-refractivity contribution in [3.05, 3.63) is 21.9 Å². The quantitative estimate of drug-likeness (QED) is 0.848. The molecule has 1 fully saturated rings. The second-order valence-corrected chi connectivity index (χ2v) is 4.96. The number of rotatable bonds is 4. The number of thiophene rings is 1. The standard InChI is InChI=1S/C11H13NO4S/c13-10(8-2-1-5-16-8)12-6-7-3-4-9(17-7)11(14)15/h3-4,8H,1-2,5-6H2,(H,12,13)(H,14,15)/t8-/m0/s1. The highest BCUT2D eigenvalue weighted by atomic mass is 32.1. The summed E-state index contributed by atoms with van der Waals surface area (Å²) in [5, 5.41) is 11.5. The van der Waals surface area contributed by atoms with Gasteiger partial charge in [0.1, 0.15) is 11.0 Å². The molecule has 92 valence electrons. The lowest BCUT2D eigenvalue weighted by atomic mass is 10.2. The van der Waals surface area contributed by atoms with E-state index in [0.717, 1.165) is 17.7 Å². The number of aromatic carboxylic acids is 1. The normalized spacial score (nSPS) is 19.2. The maximum absolute atomic E-state index is 11.6. The minimum atomic E-state index is -0.938. The SMILES string of the molecule is O=C(O)c1ccc(CNC(=O)[C@@H]2CCCO2)s1. The van der Waals surface area contributed by atoms with Crippen LogP contribution in [0.2, 0.25) is 0 Å². The Morgan fingerprint density at radius 1 is 1.53 bits per heavy atom. The predicted octanol–water partition coefficient (Wildman–Crippen LogP) is 1.24. The number of carbonyl (C=O) groups excluding carboxylic acids is 1. The molecular weight excluding hydrogens is 242 g/mol. The van der Waals surface area contributed by atoms with Crippen LogP contribution in [0.25, 0.3) is 0 Å². The van der Waals surface area contributed by atoms with Crippen LogP contribution < -0.4 is 5.32 Å². The highest BCUT2D eigenvalue weighted by molar-refractivity contribution is 7.13. The summed E-state index contributed by atoms with van der Waals surface area (Å²) in [5.41, 5.74) is 0. The van der Waals surface area contributed by atoms with Gasteiger partial charge in [-0.2, -0.15) is 0 Å². The second kappa shape index (κ2) is 5.29. The van der Waals surface area contributed by atoms with Crippen LogP contribution in [0.3, 0.4) is 0 Å². The largest absolute Gasteiger partial charge is 0.477 e. The Morgan fingerprint density at radius 3 is 2.94 bits per heavy atom. The first-order valence-corrected chi connectivity index (χ1v) is 6.20. The molecule has 1 aromatic rings. The van der Waals surface area contributed by atoms with Gasteiger partial charge in [-0.15, -0.1) is 11.3 Å². The van der Waals surface area contributed by atoms with E-state index in [2.05, 4.69) is 5.32 Å². The molecule has 17 heavy (non-hydrogen) atoms. The van der Waals surface area contributed by atoms with Crippen LogP contribution >= 0.6 is 11.3 Å². The van der Waals surface area contributed by atoms with Gasteiger partial charge >= 0.3 is 5.97 Å². The zero-order valence-electron chi connectivity index (χ0n) is 9.14. The predicted molar refractivity (Wildman–Crippen MR) is 62.1 cm³/mol. The number of nitrogens with one attached hydrogen (secondary N) is 1. The molecule has 0 spiro atoms. The molecule has 6 heteroatoms. The van der Waals surface area contributed by atoms with Crippen LogP contribution in [-0.2, 0) is 16.1 Å². The van der Waals surface area contributed by atoms with Crippen molar-refractivity contribution >= 4 is 23.2 Å². The smallest absolute Gasteiger partial charge is 0.345 e. The molecule has 1 aromatic heterocycles. The van der Waals surface area contributed by atoms with Crippen LogP contribution in [0.1, 0.15) is 27.4 Å². The van der Waals surface area contributed by atoms with E-state index in [1.54, 1.807) is 12.1 Å². The summed E-state index contributed by atoms with van der Waals surface area (Å²) in [6.45, 7) is 0.997. The molecule has 1 saturated heterocycles. The molecule has 1 aliphatic rings. The third kappa shape index (κ3) is 3.04. The van der Waals surface area contributed by atoms with E-state index < -0.39 is 5.97 Å². The van der Waals surface area contributed by atoms with Crippen molar-refractivity contribution in [2.24, 2.45) is 0 Å². The van der Waals surface area contributed by atoms with Crippen LogP contribution in [0.4, 0.5) is 0 Å². The van der Waals surface area contributed by atoms with Crippen LogP contribution in [-0.4, -0.2) is 29.7 Å². The first-order valence-electron chi connectivity index (χ1n) is 5.38. The second-order valence-electron chi connectivity index (χ2n) is 3.79. The summed E-state index contributed by atoms with van der Waals surface area (Å²) in [5.74, 6) is -1.06. The third-order valence-electron chi connectivity index (χ3n) is 2.53. The van der Waals surface area contributed by atoms with Crippen molar-refractivity contribution in [3.8, 4) is 0 Å². The summed E-state index contributed by atoms with van der Waals surface area (Å²) in [6.07, 6.45) is 1.34. The molecule has 2 heterocycles. The molecule has 0 aliphatic carbocycles. The first kappa shape index (κ1) is 12.1. The fourth-order valence-corrected chi connectivity index (χ4v) is 2.45. The molecule has 5 nitrogen and oxygen atoms in total. The minimum absolute atomic E-state index is 0.118. The molecule has 1 atom stereocenters. The molecule has 0 radical (unpaired) electrons. The van der Waals surface area contributed by atoms with Crippen molar-refractivity contribution < 1.29 is 19.4 Å². The number of hydrogen-bond acceptors (Lipinski definition) is 4. The van der Waals surface area contributed by atoms with E-state index in [9.17, 15) is 9.59 Å².